The van der Waals surface area contributed by atoms with Crippen LogP contribution in [-0.4, -0.2) is 44.8 Å². The molecule has 2 fully saturated rings. The van der Waals surface area contributed by atoms with Crippen molar-refractivity contribution in [1.29, 1.82) is 0 Å². The van der Waals surface area contributed by atoms with Crippen LogP contribution in [0.5, 0.6) is 0 Å². The molecule has 2 heterocycles. The third kappa shape index (κ3) is 4.70. The highest BCUT2D eigenvalue weighted by Crippen LogP contribution is 2.38. The first-order valence-corrected chi connectivity index (χ1v) is 12.6. The molecule has 1 atom stereocenters. The van der Waals surface area contributed by atoms with E-state index in [0.717, 1.165) is 53.5 Å². The first-order valence-electron chi connectivity index (χ1n) is 12.6. The van der Waals surface area contributed by atoms with Gasteiger partial charge in [0.2, 0.25) is 0 Å². The number of aromatic nitrogens is 4. The normalized spacial score (nSPS) is 20.3. The van der Waals surface area contributed by atoms with Gasteiger partial charge in [0, 0.05) is 40.9 Å². The topological polar surface area (TPSA) is 99.0 Å². The zero-order chi connectivity index (χ0) is 25.2. The fourth-order valence-corrected chi connectivity index (χ4v) is 5.04. The highest BCUT2D eigenvalue weighted by molar-refractivity contribution is 6.07. The average Bonchev–Trinajstić information content (AvgIpc) is 3.67. The summed E-state index contributed by atoms with van der Waals surface area (Å²) in [5, 5.41) is 8.70. The summed E-state index contributed by atoms with van der Waals surface area (Å²) in [5.74, 6) is 7.09. The highest BCUT2D eigenvalue weighted by atomic mass is 16.5. The minimum absolute atomic E-state index is 0.0146. The van der Waals surface area contributed by atoms with Crippen molar-refractivity contribution in [3.05, 3.63) is 53.2 Å². The number of methoxy groups -OCH3 is 1. The maximum absolute atomic E-state index is 13.5. The lowest BCUT2D eigenvalue weighted by molar-refractivity contribution is -0.146. The molecule has 1 N–H and O–H groups in total. The van der Waals surface area contributed by atoms with E-state index in [1.54, 1.807) is 13.1 Å². The van der Waals surface area contributed by atoms with Crippen LogP contribution in [-0.2, 0) is 9.53 Å². The molecule has 0 radical (unpaired) electrons. The van der Waals surface area contributed by atoms with Crippen LogP contribution in [0.15, 0.2) is 30.7 Å². The molecule has 36 heavy (non-hydrogen) atoms. The second kappa shape index (κ2) is 10.1. The van der Waals surface area contributed by atoms with E-state index < -0.39 is 0 Å². The largest absolute Gasteiger partial charge is 0.469 e. The van der Waals surface area contributed by atoms with E-state index in [4.69, 9.17) is 4.74 Å². The number of nitrogens with zero attached hydrogens (tertiary/aromatic N) is 4. The van der Waals surface area contributed by atoms with Crippen molar-refractivity contribution in [3.63, 3.8) is 0 Å². The molecule has 2 saturated carbocycles. The van der Waals surface area contributed by atoms with Gasteiger partial charge in [-0.15, -0.1) is 5.92 Å². The van der Waals surface area contributed by atoms with Crippen LogP contribution >= 0.6 is 0 Å². The first-order chi connectivity index (χ1) is 17.5. The predicted octanol–water partition coefficient (Wildman–Crippen LogP) is 4.15. The molecular weight excluding hydrogens is 454 g/mol. The Morgan fingerprint density at radius 3 is 2.44 bits per heavy atom. The second-order valence-electron chi connectivity index (χ2n) is 9.76. The molecule has 0 saturated heterocycles. The fourth-order valence-electron chi connectivity index (χ4n) is 5.04. The van der Waals surface area contributed by atoms with Crippen molar-refractivity contribution >= 4 is 22.8 Å². The molecule has 186 valence electrons. The lowest BCUT2D eigenvalue weighted by Crippen LogP contribution is -2.39. The molecule has 0 spiro atoms. The summed E-state index contributed by atoms with van der Waals surface area (Å²) in [5.41, 5.74) is 3.07. The van der Waals surface area contributed by atoms with Crippen molar-refractivity contribution in [2.24, 2.45) is 5.92 Å². The summed E-state index contributed by atoms with van der Waals surface area (Å²) in [6, 6.07) is 3.56. The maximum atomic E-state index is 13.5. The summed E-state index contributed by atoms with van der Waals surface area (Å²) in [4.78, 5) is 34.5. The number of carbonyl (C=O) groups excluding carboxylic acids is 2. The van der Waals surface area contributed by atoms with Crippen molar-refractivity contribution in [1.82, 2.24) is 25.1 Å². The number of ether oxygens (including phenoxy) is 1. The van der Waals surface area contributed by atoms with Crippen LogP contribution in [0.4, 0.5) is 0 Å². The Morgan fingerprint density at radius 1 is 1.08 bits per heavy atom. The molecule has 2 aromatic heterocycles. The number of fused-ring (bicyclic) bond motifs is 1. The molecule has 5 rings (SSSR count). The van der Waals surface area contributed by atoms with Gasteiger partial charge in [0.1, 0.15) is 5.82 Å². The molecule has 1 aromatic carbocycles. The lowest BCUT2D eigenvalue weighted by atomic mass is 9.86. The van der Waals surface area contributed by atoms with E-state index in [0.29, 0.717) is 24.3 Å². The Balaban J connectivity index is 1.43. The minimum atomic E-state index is -0.166. The van der Waals surface area contributed by atoms with Gasteiger partial charge in [-0.2, -0.15) is 5.10 Å². The van der Waals surface area contributed by atoms with Gasteiger partial charge < -0.3 is 10.1 Å². The van der Waals surface area contributed by atoms with Crippen molar-refractivity contribution in [2.75, 3.05) is 7.11 Å². The van der Waals surface area contributed by atoms with Crippen molar-refractivity contribution < 1.29 is 14.3 Å². The highest BCUT2D eigenvalue weighted by Gasteiger charge is 2.29. The SMILES string of the molecule is CC#Cc1ccc(C(=O)NC2CCC(C(=O)OC)CC2)c2c1cnn2[C@H](C)c1cnc(C2CC2)nc1. The van der Waals surface area contributed by atoms with Gasteiger partial charge in [-0.1, -0.05) is 5.92 Å². The first kappa shape index (κ1) is 24.0. The van der Waals surface area contributed by atoms with Crippen LogP contribution in [0.25, 0.3) is 10.9 Å². The van der Waals surface area contributed by atoms with E-state index >= 15 is 0 Å². The number of rotatable bonds is 6. The number of esters is 1. The van der Waals surface area contributed by atoms with E-state index in [1.807, 2.05) is 36.1 Å². The van der Waals surface area contributed by atoms with Gasteiger partial charge in [-0.3, -0.25) is 14.3 Å². The van der Waals surface area contributed by atoms with Crippen LogP contribution in [0.1, 0.15) is 91.6 Å². The Labute approximate surface area is 210 Å². The van der Waals surface area contributed by atoms with E-state index in [9.17, 15) is 9.59 Å². The zero-order valence-corrected chi connectivity index (χ0v) is 21.0. The third-order valence-corrected chi connectivity index (χ3v) is 7.34. The Bertz CT molecular complexity index is 1340. The minimum Gasteiger partial charge on any atom is -0.469 e. The van der Waals surface area contributed by atoms with Gasteiger partial charge in [0.15, 0.2) is 0 Å². The quantitative estimate of drug-likeness (QED) is 0.416. The van der Waals surface area contributed by atoms with Crippen LogP contribution in [0.3, 0.4) is 0 Å². The summed E-state index contributed by atoms with van der Waals surface area (Å²) in [7, 11) is 1.42. The molecule has 3 aromatic rings. The molecule has 0 bridgehead atoms. The van der Waals surface area contributed by atoms with E-state index in [1.165, 1.54) is 7.11 Å². The Kier molecular flexibility index (Phi) is 6.73. The van der Waals surface area contributed by atoms with Gasteiger partial charge in [-0.25, -0.2) is 9.97 Å². The van der Waals surface area contributed by atoms with Gasteiger partial charge in [0.25, 0.3) is 5.91 Å². The van der Waals surface area contributed by atoms with Gasteiger partial charge in [0.05, 0.1) is 36.3 Å². The number of carbonyl (C=O) groups is 2. The summed E-state index contributed by atoms with van der Waals surface area (Å²) >= 11 is 0. The fraction of sp³-hybridized carbons (Fsp3) is 0.464. The van der Waals surface area contributed by atoms with E-state index in [2.05, 4.69) is 32.2 Å². The maximum Gasteiger partial charge on any atom is 0.308 e. The Hall–Kier alpha value is -3.73. The number of hydrogen-bond acceptors (Lipinski definition) is 6. The van der Waals surface area contributed by atoms with Crippen LogP contribution < -0.4 is 5.32 Å². The Morgan fingerprint density at radius 2 is 1.81 bits per heavy atom. The molecule has 8 nitrogen and oxygen atoms in total. The molecule has 2 aliphatic rings. The molecular formula is C28H31N5O3. The number of amides is 1. The lowest BCUT2D eigenvalue weighted by Gasteiger charge is -2.27. The average molecular weight is 486 g/mol. The number of benzene rings is 1. The number of hydrogen-bond donors (Lipinski definition) is 1. The smallest absolute Gasteiger partial charge is 0.308 e. The van der Waals surface area contributed by atoms with Gasteiger partial charge >= 0.3 is 5.97 Å². The third-order valence-electron chi connectivity index (χ3n) is 7.34. The monoisotopic (exact) mass is 485 g/mol. The summed E-state index contributed by atoms with van der Waals surface area (Å²) in [6.07, 6.45) is 10.7. The molecule has 0 unspecified atom stereocenters. The van der Waals surface area contributed by atoms with Gasteiger partial charge in [-0.05, 0) is 64.5 Å². The van der Waals surface area contributed by atoms with E-state index in [-0.39, 0.29) is 29.9 Å². The summed E-state index contributed by atoms with van der Waals surface area (Å²) < 4.78 is 6.75. The molecule has 1 amide bonds. The zero-order valence-electron chi connectivity index (χ0n) is 21.0. The van der Waals surface area contributed by atoms with Crippen molar-refractivity contribution in [3.8, 4) is 11.8 Å². The second-order valence-corrected chi connectivity index (χ2v) is 9.76. The van der Waals surface area contributed by atoms with Crippen LogP contribution in [0, 0.1) is 17.8 Å². The molecule has 0 aliphatic heterocycles. The number of nitrogens with one attached hydrogen (secondary N) is 1. The molecule has 2 aliphatic carbocycles. The van der Waals surface area contributed by atoms with Crippen molar-refractivity contribution in [2.45, 2.75) is 70.4 Å². The summed E-state index contributed by atoms with van der Waals surface area (Å²) in [6.45, 7) is 3.83. The molecule has 8 heteroatoms. The van der Waals surface area contributed by atoms with Crippen LogP contribution in [0.2, 0.25) is 0 Å². The predicted molar refractivity (Wildman–Crippen MR) is 135 cm³/mol. The standard InChI is InChI=1S/C28H31N5O3/c1-4-5-18-10-13-23(27(34)32-22-11-8-20(9-12-22)28(35)36-3)25-24(18)16-31-33(25)17(2)21-14-29-26(30-15-21)19-6-7-19/h10,13-17,19-20,22H,6-9,11-12H2,1-3H3,(H,32,34)/t17-,20?,22?/m1/s1.